The summed E-state index contributed by atoms with van der Waals surface area (Å²) in [6.45, 7) is 12.9. The van der Waals surface area contributed by atoms with Crippen LogP contribution in [0.1, 0.15) is 60.3 Å². The van der Waals surface area contributed by atoms with Crippen molar-refractivity contribution in [1.82, 2.24) is 10.2 Å². The molecule has 1 atom stereocenters. The molecule has 5 heteroatoms. The summed E-state index contributed by atoms with van der Waals surface area (Å²) in [5.74, 6) is 0. The van der Waals surface area contributed by atoms with Gasteiger partial charge in [-0.2, -0.15) is 0 Å². The average Bonchev–Trinajstić information content (AvgIpc) is 2.41. The Labute approximate surface area is 142 Å². The maximum atomic E-state index is 12.3. The predicted octanol–water partition coefficient (Wildman–Crippen LogP) is 3.43. The second-order valence-electron chi connectivity index (χ2n) is 8.20. The van der Waals surface area contributed by atoms with Crippen molar-refractivity contribution in [3.8, 4) is 0 Å². The molecule has 0 spiro atoms. The van der Waals surface area contributed by atoms with E-state index in [0.717, 1.165) is 6.54 Å². The zero-order valence-corrected chi connectivity index (χ0v) is 15.9. The molecule has 0 radical (unpaired) electrons. The number of nitrogens with zero attached hydrogens (tertiary/aromatic N) is 1. The van der Waals surface area contributed by atoms with Crippen LogP contribution < -0.4 is 5.32 Å². The normalized spacial score (nSPS) is 21.0. The summed E-state index contributed by atoms with van der Waals surface area (Å²) in [6, 6.07) is 0.527. The van der Waals surface area contributed by atoms with Crippen LogP contribution in [-0.2, 0) is 9.47 Å². The lowest BCUT2D eigenvalue weighted by atomic mass is 9.73. The van der Waals surface area contributed by atoms with Gasteiger partial charge in [0.05, 0.1) is 6.61 Å². The van der Waals surface area contributed by atoms with Crippen LogP contribution in [0.25, 0.3) is 0 Å². The van der Waals surface area contributed by atoms with Crippen molar-refractivity contribution < 1.29 is 14.3 Å². The number of carbonyl (C=O) groups is 1. The van der Waals surface area contributed by atoms with Crippen LogP contribution in [0.4, 0.5) is 4.79 Å². The second-order valence-corrected chi connectivity index (χ2v) is 8.20. The number of nitrogens with one attached hydrogen (secondary N) is 1. The van der Waals surface area contributed by atoms with Gasteiger partial charge >= 0.3 is 6.09 Å². The molecule has 0 heterocycles. The number of ether oxygens (including phenoxy) is 2. The van der Waals surface area contributed by atoms with Gasteiger partial charge < -0.3 is 19.7 Å². The van der Waals surface area contributed by atoms with Crippen LogP contribution in [0.5, 0.6) is 0 Å². The van der Waals surface area contributed by atoms with Crippen molar-refractivity contribution in [2.75, 3.05) is 33.4 Å². The molecule has 1 N–H and O–H groups in total. The highest BCUT2D eigenvalue weighted by Gasteiger charge is 2.31. The Morgan fingerprint density at radius 2 is 1.96 bits per heavy atom. The standard InChI is InChI=1S/C18H36N2O3/c1-17(2,3)23-16(21)20(13-14-22-6)12-11-19-15-9-7-8-10-18(15,4)5/h15,19H,7-14H2,1-6H3. The Morgan fingerprint density at radius 1 is 1.26 bits per heavy atom. The van der Waals surface area contributed by atoms with E-state index in [2.05, 4.69) is 19.2 Å². The van der Waals surface area contributed by atoms with Gasteiger partial charge in [0, 0.05) is 32.8 Å². The van der Waals surface area contributed by atoms with Gasteiger partial charge in [-0.15, -0.1) is 0 Å². The number of hydrogen-bond donors (Lipinski definition) is 1. The summed E-state index contributed by atoms with van der Waals surface area (Å²) in [6.07, 6.45) is 4.84. The Kier molecular flexibility index (Phi) is 7.81. The first-order valence-electron chi connectivity index (χ1n) is 8.86. The summed E-state index contributed by atoms with van der Waals surface area (Å²) in [5.41, 5.74) is -0.136. The fourth-order valence-electron chi connectivity index (χ4n) is 3.07. The number of methoxy groups -OCH3 is 1. The molecule has 1 fully saturated rings. The number of rotatable bonds is 7. The summed E-state index contributed by atoms with van der Waals surface area (Å²) >= 11 is 0. The molecule has 0 aromatic rings. The molecule has 0 aliphatic heterocycles. The average molecular weight is 328 g/mol. The molecule has 1 saturated carbocycles. The molecule has 136 valence electrons. The van der Waals surface area contributed by atoms with Gasteiger partial charge in [0.1, 0.15) is 5.60 Å². The van der Waals surface area contributed by atoms with E-state index in [1.165, 1.54) is 25.7 Å². The molecule has 0 aromatic heterocycles. The molecule has 1 aliphatic carbocycles. The zero-order valence-electron chi connectivity index (χ0n) is 15.9. The van der Waals surface area contributed by atoms with E-state index < -0.39 is 5.60 Å². The molecular formula is C18H36N2O3. The topological polar surface area (TPSA) is 50.8 Å². The van der Waals surface area contributed by atoms with E-state index in [9.17, 15) is 4.79 Å². The van der Waals surface area contributed by atoms with Crippen LogP contribution >= 0.6 is 0 Å². The quantitative estimate of drug-likeness (QED) is 0.778. The van der Waals surface area contributed by atoms with Crippen molar-refractivity contribution >= 4 is 6.09 Å². The summed E-state index contributed by atoms with van der Waals surface area (Å²) in [4.78, 5) is 14.0. The van der Waals surface area contributed by atoms with Gasteiger partial charge in [0.2, 0.25) is 0 Å². The predicted molar refractivity (Wildman–Crippen MR) is 93.7 cm³/mol. The lowest BCUT2D eigenvalue weighted by molar-refractivity contribution is 0.0198. The Balaban J connectivity index is 2.48. The lowest BCUT2D eigenvalue weighted by Crippen LogP contribution is -2.48. The van der Waals surface area contributed by atoms with Crippen molar-refractivity contribution in [3.63, 3.8) is 0 Å². The largest absolute Gasteiger partial charge is 0.444 e. The van der Waals surface area contributed by atoms with Crippen molar-refractivity contribution in [2.45, 2.75) is 71.9 Å². The number of carbonyl (C=O) groups excluding carboxylic acids is 1. The molecule has 0 aromatic carbocycles. The van der Waals surface area contributed by atoms with E-state index in [-0.39, 0.29) is 6.09 Å². The van der Waals surface area contributed by atoms with Gasteiger partial charge in [-0.05, 0) is 39.0 Å². The maximum absolute atomic E-state index is 12.3. The molecule has 23 heavy (non-hydrogen) atoms. The van der Waals surface area contributed by atoms with Crippen LogP contribution in [0, 0.1) is 5.41 Å². The molecule has 1 unspecified atom stereocenters. The van der Waals surface area contributed by atoms with E-state index in [4.69, 9.17) is 9.47 Å². The Hall–Kier alpha value is -0.810. The van der Waals surface area contributed by atoms with Crippen molar-refractivity contribution in [1.29, 1.82) is 0 Å². The minimum Gasteiger partial charge on any atom is -0.444 e. The summed E-state index contributed by atoms with van der Waals surface area (Å²) < 4.78 is 10.6. The lowest BCUT2D eigenvalue weighted by Gasteiger charge is -2.39. The van der Waals surface area contributed by atoms with Gasteiger partial charge in [-0.1, -0.05) is 26.7 Å². The second kappa shape index (κ2) is 8.88. The number of amides is 1. The van der Waals surface area contributed by atoms with E-state index in [1.54, 1.807) is 12.0 Å². The molecule has 5 nitrogen and oxygen atoms in total. The third-order valence-electron chi connectivity index (χ3n) is 4.50. The summed E-state index contributed by atoms with van der Waals surface area (Å²) in [7, 11) is 1.65. The Morgan fingerprint density at radius 3 is 2.52 bits per heavy atom. The van der Waals surface area contributed by atoms with Gasteiger partial charge in [-0.25, -0.2) is 4.79 Å². The highest BCUT2D eigenvalue weighted by Crippen LogP contribution is 2.35. The number of hydrogen-bond acceptors (Lipinski definition) is 4. The first kappa shape index (κ1) is 20.2. The SMILES string of the molecule is COCCN(CCNC1CCCCC1(C)C)C(=O)OC(C)(C)C. The van der Waals surface area contributed by atoms with Gasteiger partial charge in [-0.3, -0.25) is 0 Å². The van der Waals surface area contributed by atoms with Crippen molar-refractivity contribution in [3.05, 3.63) is 0 Å². The Bertz CT molecular complexity index is 364. The third kappa shape index (κ3) is 7.53. The smallest absolute Gasteiger partial charge is 0.410 e. The van der Waals surface area contributed by atoms with Crippen LogP contribution in [-0.4, -0.2) is 56.0 Å². The minimum atomic E-state index is -0.471. The maximum Gasteiger partial charge on any atom is 0.410 e. The van der Waals surface area contributed by atoms with Crippen LogP contribution in [0.2, 0.25) is 0 Å². The highest BCUT2D eigenvalue weighted by molar-refractivity contribution is 5.68. The molecular weight excluding hydrogens is 292 g/mol. The molecule has 0 bridgehead atoms. The highest BCUT2D eigenvalue weighted by atomic mass is 16.6. The van der Waals surface area contributed by atoms with Crippen LogP contribution in [0.3, 0.4) is 0 Å². The molecule has 1 aliphatic rings. The minimum absolute atomic E-state index is 0.265. The first-order valence-corrected chi connectivity index (χ1v) is 8.86. The van der Waals surface area contributed by atoms with Crippen molar-refractivity contribution in [2.24, 2.45) is 5.41 Å². The summed E-state index contributed by atoms with van der Waals surface area (Å²) in [5, 5.41) is 3.65. The van der Waals surface area contributed by atoms with E-state index in [0.29, 0.717) is 31.2 Å². The molecule has 1 amide bonds. The van der Waals surface area contributed by atoms with Gasteiger partial charge in [0.15, 0.2) is 0 Å². The fourth-order valence-corrected chi connectivity index (χ4v) is 3.07. The monoisotopic (exact) mass is 328 g/mol. The molecule has 0 saturated heterocycles. The first-order chi connectivity index (χ1) is 10.7. The van der Waals surface area contributed by atoms with Crippen LogP contribution in [0.15, 0.2) is 0 Å². The zero-order chi connectivity index (χ0) is 17.5. The van der Waals surface area contributed by atoms with Gasteiger partial charge in [0.25, 0.3) is 0 Å². The van der Waals surface area contributed by atoms with E-state index in [1.807, 2.05) is 20.8 Å². The fraction of sp³-hybridized carbons (Fsp3) is 0.944. The van der Waals surface area contributed by atoms with E-state index >= 15 is 0 Å². The third-order valence-corrected chi connectivity index (χ3v) is 4.50. The molecule has 1 rings (SSSR count).